The molecule has 16 heavy (non-hydrogen) atoms. The van der Waals surface area contributed by atoms with Gasteiger partial charge in [-0.2, -0.15) is 13.2 Å². The zero-order chi connectivity index (χ0) is 11.9. The predicted octanol–water partition coefficient (Wildman–Crippen LogP) is 1.97. The minimum atomic E-state index is -4.49. The molecule has 1 heterocycles. The maximum absolute atomic E-state index is 12.7. The van der Waals surface area contributed by atoms with E-state index in [1.165, 1.54) is 12.1 Å². The van der Waals surface area contributed by atoms with E-state index in [0.29, 0.717) is 5.56 Å². The largest absolute Gasteiger partial charge is 0.416 e. The highest BCUT2D eigenvalue weighted by molar-refractivity contribution is 5.46. The quantitative estimate of drug-likeness (QED) is 0.664. The normalized spacial score (nSPS) is 23.9. The van der Waals surface area contributed by atoms with Crippen molar-refractivity contribution in [2.75, 3.05) is 0 Å². The van der Waals surface area contributed by atoms with Crippen LogP contribution >= 0.6 is 0 Å². The van der Waals surface area contributed by atoms with Crippen molar-refractivity contribution >= 4 is 0 Å². The summed E-state index contributed by atoms with van der Waals surface area (Å²) in [6, 6.07) is 3.03. The number of alkyl halides is 3. The molecule has 1 aliphatic rings. The van der Waals surface area contributed by atoms with Crippen molar-refractivity contribution in [3.8, 4) is 12.3 Å². The first kappa shape index (κ1) is 11.0. The van der Waals surface area contributed by atoms with Gasteiger partial charge in [-0.3, -0.25) is 5.32 Å². The maximum atomic E-state index is 12.7. The summed E-state index contributed by atoms with van der Waals surface area (Å²) in [4.78, 5) is 0. The van der Waals surface area contributed by atoms with E-state index in [1.54, 1.807) is 0 Å². The van der Waals surface area contributed by atoms with Crippen LogP contribution < -0.4 is 5.32 Å². The molecule has 2 rings (SSSR count). The first-order valence-corrected chi connectivity index (χ1v) is 4.55. The van der Waals surface area contributed by atoms with Gasteiger partial charge in [0, 0.05) is 5.56 Å². The van der Waals surface area contributed by atoms with E-state index < -0.39 is 24.0 Å². The van der Waals surface area contributed by atoms with Crippen molar-refractivity contribution < 1.29 is 18.3 Å². The first-order valence-electron chi connectivity index (χ1n) is 4.55. The molecule has 0 aromatic heterocycles. The van der Waals surface area contributed by atoms with Crippen molar-refractivity contribution in [3.63, 3.8) is 0 Å². The fourth-order valence-electron chi connectivity index (χ4n) is 1.86. The molecule has 0 bridgehead atoms. The molecule has 0 amide bonds. The fourth-order valence-corrected chi connectivity index (χ4v) is 1.86. The Hall–Kier alpha value is -1.51. The number of benzene rings is 1. The molecule has 5 heteroatoms. The number of nitrogens with one attached hydrogen (secondary N) is 1. The topological polar surface area (TPSA) is 32.3 Å². The minimum Gasteiger partial charge on any atom is -0.374 e. The third-order valence-corrected chi connectivity index (χ3v) is 2.52. The van der Waals surface area contributed by atoms with Gasteiger partial charge in [0.05, 0.1) is 11.6 Å². The van der Waals surface area contributed by atoms with Gasteiger partial charge in [0.25, 0.3) is 0 Å². The highest BCUT2D eigenvalue weighted by atomic mass is 19.4. The standard InChI is InChI=1S/C11H8F3NO/c1-2-8-6-4-3-5-7(11(12,13)14)9(6)10(16)15-8/h1,3-5,8,10,15-16H. The Labute approximate surface area is 90.1 Å². The molecule has 2 unspecified atom stereocenters. The monoisotopic (exact) mass is 227 g/mol. The van der Waals surface area contributed by atoms with E-state index in [9.17, 15) is 18.3 Å². The number of hydrogen-bond acceptors (Lipinski definition) is 2. The molecule has 0 fully saturated rings. The van der Waals surface area contributed by atoms with Crippen LogP contribution in [0, 0.1) is 12.3 Å². The number of hydrogen-bond donors (Lipinski definition) is 2. The number of halogens is 3. The molecule has 2 nitrogen and oxygen atoms in total. The summed E-state index contributed by atoms with van der Waals surface area (Å²) < 4.78 is 38.0. The molecule has 0 radical (unpaired) electrons. The van der Waals surface area contributed by atoms with Gasteiger partial charge in [0.15, 0.2) is 0 Å². The van der Waals surface area contributed by atoms with Gasteiger partial charge in [-0.15, -0.1) is 6.42 Å². The van der Waals surface area contributed by atoms with Crippen LogP contribution in [0.1, 0.15) is 29.0 Å². The number of rotatable bonds is 0. The van der Waals surface area contributed by atoms with Crippen LogP contribution in [0.3, 0.4) is 0 Å². The summed E-state index contributed by atoms with van der Waals surface area (Å²) in [6.07, 6.45) is -0.690. The molecule has 0 aliphatic carbocycles. The Balaban J connectivity index is 2.62. The molecule has 1 aromatic carbocycles. The van der Waals surface area contributed by atoms with Gasteiger partial charge in [0.2, 0.25) is 0 Å². The maximum Gasteiger partial charge on any atom is 0.416 e. The van der Waals surface area contributed by atoms with Crippen LogP contribution in [0.2, 0.25) is 0 Å². The van der Waals surface area contributed by atoms with Crippen LogP contribution in [-0.2, 0) is 6.18 Å². The molecule has 0 saturated carbocycles. The van der Waals surface area contributed by atoms with Crippen LogP contribution in [0.25, 0.3) is 0 Å². The lowest BCUT2D eigenvalue weighted by Crippen LogP contribution is -2.17. The van der Waals surface area contributed by atoms with Gasteiger partial charge in [-0.25, -0.2) is 0 Å². The van der Waals surface area contributed by atoms with Crippen molar-refractivity contribution in [3.05, 3.63) is 34.9 Å². The lowest BCUT2D eigenvalue weighted by atomic mass is 9.99. The van der Waals surface area contributed by atoms with E-state index in [-0.39, 0.29) is 5.56 Å². The van der Waals surface area contributed by atoms with E-state index in [2.05, 4.69) is 11.2 Å². The Morgan fingerprint density at radius 2 is 2.06 bits per heavy atom. The summed E-state index contributed by atoms with van der Waals surface area (Å²) in [5, 5.41) is 12.0. The van der Waals surface area contributed by atoms with Gasteiger partial charge in [-0.1, -0.05) is 18.1 Å². The van der Waals surface area contributed by atoms with Crippen molar-refractivity contribution in [1.82, 2.24) is 5.32 Å². The second kappa shape index (κ2) is 3.51. The molecule has 84 valence electrons. The summed E-state index contributed by atoms with van der Waals surface area (Å²) in [5.41, 5.74) is -0.703. The average molecular weight is 227 g/mol. The Bertz CT molecular complexity index is 461. The zero-order valence-corrected chi connectivity index (χ0v) is 8.05. The molecular weight excluding hydrogens is 219 g/mol. The summed E-state index contributed by atoms with van der Waals surface area (Å²) in [6.45, 7) is 0. The van der Waals surface area contributed by atoms with E-state index in [4.69, 9.17) is 6.42 Å². The van der Waals surface area contributed by atoms with Gasteiger partial charge in [-0.05, 0) is 11.6 Å². The smallest absolute Gasteiger partial charge is 0.374 e. The highest BCUT2D eigenvalue weighted by Gasteiger charge is 2.40. The van der Waals surface area contributed by atoms with Crippen molar-refractivity contribution in [2.45, 2.75) is 18.4 Å². The molecule has 2 atom stereocenters. The van der Waals surface area contributed by atoms with Gasteiger partial charge in [0.1, 0.15) is 6.23 Å². The van der Waals surface area contributed by atoms with Crippen molar-refractivity contribution in [2.24, 2.45) is 0 Å². The predicted molar refractivity (Wildman–Crippen MR) is 51.1 cm³/mol. The SMILES string of the molecule is C#CC1NC(O)c2c1cccc2C(F)(F)F. The van der Waals surface area contributed by atoms with Crippen LogP contribution in [0.15, 0.2) is 18.2 Å². The third-order valence-electron chi connectivity index (χ3n) is 2.52. The van der Waals surface area contributed by atoms with Crippen molar-refractivity contribution in [1.29, 1.82) is 0 Å². The van der Waals surface area contributed by atoms with Crippen LogP contribution in [0.4, 0.5) is 13.2 Å². The second-order valence-corrected chi connectivity index (χ2v) is 3.48. The molecule has 0 spiro atoms. The number of fused-ring (bicyclic) bond motifs is 1. The van der Waals surface area contributed by atoms with Crippen LogP contribution in [0.5, 0.6) is 0 Å². The molecule has 1 aliphatic heterocycles. The zero-order valence-electron chi connectivity index (χ0n) is 8.05. The Morgan fingerprint density at radius 1 is 1.38 bits per heavy atom. The molecule has 1 aromatic rings. The Kier molecular flexibility index (Phi) is 2.41. The third kappa shape index (κ3) is 1.56. The van der Waals surface area contributed by atoms with E-state index in [1.807, 2.05) is 0 Å². The molecule has 0 saturated heterocycles. The van der Waals surface area contributed by atoms with Gasteiger partial charge >= 0.3 is 6.18 Å². The molecule has 2 N–H and O–H groups in total. The lowest BCUT2D eigenvalue weighted by molar-refractivity contribution is -0.139. The Morgan fingerprint density at radius 3 is 2.62 bits per heavy atom. The lowest BCUT2D eigenvalue weighted by Gasteiger charge is -2.13. The van der Waals surface area contributed by atoms with E-state index in [0.717, 1.165) is 6.07 Å². The number of terminal acetylenes is 1. The minimum absolute atomic E-state index is 0.169. The summed E-state index contributed by atoms with van der Waals surface area (Å²) in [7, 11) is 0. The first-order chi connectivity index (χ1) is 7.45. The average Bonchev–Trinajstić information content (AvgIpc) is 2.54. The highest BCUT2D eigenvalue weighted by Crippen LogP contribution is 2.40. The van der Waals surface area contributed by atoms with E-state index >= 15 is 0 Å². The summed E-state index contributed by atoms with van der Waals surface area (Å²) in [5.74, 6) is 2.29. The van der Waals surface area contributed by atoms with Gasteiger partial charge < -0.3 is 5.11 Å². The molecular formula is C11H8F3NO. The summed E-state index contributed by atoms with van der Waals surface area (Å²) >= 11 is 0. The fraction of sp³-hybridized carbons (Fsp3) is 0.273. The number of aliphatic hydroxyl groups excluding tert-OH is 1. The second-order valence-electron chi connectivity index (χ2n) is 3.48. The number of aliphatic hydroxyl groups is 1. The van der Waals surface area contributed by atoms with Crippen LogP contribution in [-0.4, -0.2) is 5.11 Å².